The molecule has 0 unspecified atom stereocenters. The van der Waals surface area contributed by atoms with Crippen molar-refractivity contribution in [1.29, 1.82) is 0 Å². The Kier molecular flexibility index (Phi) is 7.36. The standard InChI is InChI=1S/C61H40N4/c62-54-35-34-40(64-55-29-13-9-25-50(55)60(51-26-10-14-30-56(51)64)46-21-5-1-17-41(46)42-18-2-6-22-47(42)60)37-45(54)39-33-36-59(63-38-39)65-57-31-15-11-27-52(57)61(53-28-12-16-32-58(53)65)48-23-7-3-19-43(48)44-20-4-8-24-49(44)61/h1-38H,62H2. The van der Waals surface area contributed by atoms with Crippen LogP contribution in [0.1, 0.15) is 44.5 Å². The second kappa shape index (κ2) is 13.3. The van der Waals surface area contributed by atoms with E-state index in [4.69, 9.17) is 10.7 Å². The molecule has 0 atom stereocenters. The van der Waals surface area contributed by atoms with Crippen molar-refractivity contribution in [2.75, 3.05) is 15.5 Å². The summed E-state index contributed by atoms with van der Waals surface area (Å²) in [6.45, 7) is 0. The fraction of sp³-hybridized carbons (Fsp3) is 0.0328. The number of nitrogen functional groups attached to an aromatic ring is 1. The maximum atomic E-state index is 6.94. The number of hydrogen-bond donors (Lipinski definition) is 1. The van der Waals surface area contributed by atoms with Gasteiger partial charge in [-0.3, -0.25) is 4.90 Å². The second-order valence-corrected chi connectivity index (χ2v) is 17.6. The Morgan fingerprint density at radius 1 is 0.323 bits per heavy atom. The van der Waals surface area contributed by atoms with Crippen LogP contribution in [0.3, 0.4) is 0 Å². The van der Waals surface area contributed by atoms with Crippen LogP contribution in [0.2, 0.25) is 0 Å². The van der Waals surface area contributed by atoms with E-state index in [1.165, 1.54) is 66.8 Å². The van der Waals surface area contributed by atoms with Crippen LogP contribution in [0.15, 0.2) is 231 Å². The predicted molar refractivity (Wildman–Crippen MR) is 265 cm³/mol. The zero-order chi connectivity index (χ0) is 42.9. The molecule has 0 saturated carbocycles. The minimum atomic E-state index is -0.471. The number of hydrogen-bond acceptors (Lipinski definition) is 4. The number of aromatic nitrogens is 1. The molecule has 2 aliphatic carbocycles. The van der Waals surface area contributed by atoms with Gasteiger partial charge >= 0.3 is 0 Å². The molecule has 2 spiro atoms. The van der Waals surface area contributed by atoms with Gasteiger partial charge in [-0.1, -0.05) is 170 Å². The highest BCUT2D eigenvalue weighted by molar-refractivity contribution is 5.98. The Morgan fingerprint density at radius 3 is 1.06 bits per heavy atom. The van der Waals surface area contributed by atoms with Crippen molar-refractivity contribution in [3.8, 4) is 33.4 Å². The third-order valence-corrected chi connectivity index (χ3v) is 14.7. The number of nitrogens with zero attached hydrogens (tertiary/aromatic N) is 3. The average Bonchev–Trinajstić information content (AvgIpc) is 3.83. The van der Waals surface area contributed by atoms with Gasteiger partial charge in [0.15, 0.2) is 0 Å². The van der Waals surface area contributed by atoms with Crippen LogP contribution in [0, 0.1) is 0 Å². The second-order valence-electron chi connectivity index (χ2n) is 17.6. The molecule has 9 aromatic carbocycles. The van der Waals surface area contributed by atoms with Crippen molar-refractivity contribution >= 4 is 39.9 Å². The topological polar surface area (TPSA) is 45.4 Å². The minimum Gasteiger partial charge on any atom is -0.398 e. The van der Waals surface area contributed by atoms with Crippen molar-refractivity contribution in [1.82, 2.24) is 4.98 Å². The third kappa shape index (κ3) is 4.57. The predicted octanol–water partition coefficient (Wildman–Crippen LogP) is 14.6. The Hall–Kier alpha value is -8.47. The molecular formula is C61H40N4. The lowest BCUT2D eigenvalue weighted by molar-refractivity contribution is 0.751. The van der Waals surface area contributed by atoms with E-state index in [1.807, 2.05) is 12.3 Å². The van der Waals surface area contributed by atoms with Crippen molar-refractivity contribution in [3.05, 3.63) is 275 Å². The van der Waals surface area contributed by atoms with Crippen LogP contribution in [-0.2, 0) is 10.8 Å². The first kappa shape index (κ1) is 36.1. The number of nitrogens with two attached hydrogens (primary N) is 1. The Balaban J connectivity index is 0.897. The highest BCUT2D eigenvalue weighted by Gasteiger charge is 2.53. The van der Waals surface area contributed by atoms with E-state index in [1.54, 1.807) is 0 Å². The monoisotopic (exact) mass is 828 g/mol. The fourth-order valence-corrected chi connectivity index (χ4v) is 12.3. The Bertz CT molecular complexity index is 3410. The molecule has 14 rings (SSSR count). The van der Waals surface area contributed by atoms with Gasteiger partial charge in [0.05, 0.1) is 33.6 Å². The van der Waals surface area contributed by atoms with Gasteiger partial charge in [-0.05, 0) is 121 Å². The van der Waals surface area contributed by atoms with E-state index < -0.39 is 10.8 Å². The molecule has 65 heavy (non-hydrogen) atoms. The maximum absolute atomic E-state index is 6.94. The van der Waals surface area contributed by atoms with Crippen LogP contribution in [-0.4, -0.2) is 4.98 Å². The van der Waals surface area contributed by atoms with Gasteiger partial charge in [0.25, 0.3) is 0 Å². The van der Waals surface area contributed by atoms with Gasteiger partial charge in [0.2, 0.25) is 0 Å². The van der Waals surface area contributed by atoms with Gasteiger partial charge in [0.1, 0.15) is 5.82 Å². The average molecular weight is 829 g/mol. The zero-order valence-electron chi connectivity index (χ0n) is 35.4. The molecule has 10 aromatic rings. The number of pyridine rings is 1. The molecule has 0 saturated heterocycles. The first-order chi connectivity index (χ1) is 32.2. The molecule has 0 amide bonds. The quantitative estimate of drug-likeness (QED) is 0.180. The van der Waals surface area contributed by atoms with Gasteiger partial charge in [0, 0.05) is 28.7 Å². The van der Waals surface area contributed by atoms with Gasteiger partial charge < -0.3 is 10.6 Å². The fourth-order valence-electron chi connectivity index (χ4n) is 12.3. The lowest BCUT2D eigenvalue weighted by atomic mass is 9.64. The summed E-state index contributed by atoms with van der Waals surface area (Å²) in [6, 6.07) is 82.1. The number of fused-ring (bicyclic) bond motifs is 18. The summed E-state index contributed by atoms with van der Waals surface area (Å²) in [7, 11) is 0. The molecule has 3 heterocycles. The lowest BCUT2D eigenvalue weighted by Crippen LogP contribution is -2.36. The Morgan fingerprint density at radius 2 is 0.677 bits per heavy atom. The van der Waals surface area contributed by atoms with Crippen molar-refractivity contribution in [2.45, 2.75) is 10.8 Å². The molecule has 4 heteroatoms. The van der Waals surface area contributed by atoms with E-state index in [9.17, 15) is 0 Å². The number of rotatable bonds is 3. The summed E-state index contributed by atoms with van der Waals surface area (Å²) in [5.41, 5.74) is 29.6. The van der Waals surface area contributed by atoms with Crippen LogP contribution >= 0.6 is 0 Å². The van der Waals surface area contributed by atoms with E-state index >= 15 is 0 Å². The van der Waals surface area contributed by atoms with Crippen LogP contribution < -0.4 is 15.5 Å². The normalized spacial score (nSPS) is 14.7. The van der Waals surface area contributed by atoms with E-state index in [0.717, 1.165) is 45.4 Å². The van der Waals surface area contributed by atoms with Crippen LogP contribution in [0.5, 0.6) is 0 Å². The maximum Gasteiger partial charge on any atom is 0.137 e. The van der Waals surface area contributed by atoms with Crippen LogP contribution in [0.25, 0.3) is 33.4 Å². The van der Waals surface area contributed by atoms with Crippen molar-refractivity contribution in [3.63, 3.8) is 0 Å². The molecule has 1 aromatic heterocycles. The summed E-state index contributed by atoms with van der Waals surface area (Å²) in [5, 5.41) is 0. The molecule has 4 nitrogen and oxygen atoms in total. The molecule has 2 aliphatic heterocycles. The molecule has 2 N–H and O–H groups in total. The first-order valence-electron chi connectivity index (χ1n) is 22.4. The molecule has 0 radical (unpaired) electrons. The van der Waals surface area contributed by atoms with E-state index in [0.29, 0.717) is 5.69 Å². The number of para-hydroxylation sites is 4. The van der Waals surface area contributed by atoms with Crippen molar-refractivity contribution < 1.29 is 0 Å². The smallest absolute Gasteiger partial charge is 0.137 e. The van der Waals surface area contributed by atoms with Crippen molar-refractivity contribution in [2.24, 2.45) is 0 Å². The summed E-state index contributed by atoms with van der Waals surface area (Å²) >= 11 is 0. The lowest BCUT2D eigenvalue weighted by Gasteiger charge is -2.45. The number of benzene rings is 9. The summed E-state index contributed by atoms with van der Waals surface area (Å²) in [4.78, 5) is 10.0. The highest BCUT2D eigenvalue weighted by Crippen LogP contribution is 2.65. The molecule has 304 valence electrons. The molecule has 0 bridgehead atoms. The van der Waals surface area contributed by atoms with Gasteiger partial charge in [-0.2, -0.15) is 0 Å². The SMILES string of the molecule is Nc1ccc(N2c3ccccc3C3(c4ccccc4-c4ccccc43)c3ccccc32)cc1-c1ccc(N2c3ccccc3C3(c4ccccc4-c4ccccc43)c3ccccc32)nc1. The summed E-state index contributed by atoms with van der Waals surface area (Å²) in [5.74, 6) is 0.846. The molecule has 4 aliphatic rings. The largest absolute Gasteiger partial charge is 0.398 e. The van der Waals surface area contributed by atoms with Crippen LogP contribution in [0.4, 0.5) is 39.9 Å². The third-order valence-electron chi connectivity index (χ3n) is 14.7. The summed E-state index contributed by atoms with van der Waals surface area (Å²) in [6.07, 6.45) is 1.99. The summed E-state index contributed by atoms with van der Waals surface area (Å²) < 4.78 is 0. The van der Waals surface area contributed by atoms with Gasteiger partial charge in [-0.15, -0.1) is 0 Å². The minimum absolute atomic E-state index is 0.469. The first-order valence-corrected chi connectivity index (χ1v) is 22.4. The van der Waals surface area contributed by atoms with Gasteiger partial charge in [-0.25, -0.2) is 4.98 Å². The Labute approximate surface area is 378 Å². The number of anilines is 7. The highest BCUT2D eigenvalue weighted by atomic mass is 15.2. The van der Waals surface area contributed by atoms with E-state index in [-0.39, 0.29) is 0 Å². The molecule has 0 fully saturated rings. The van der Waals surface area contributed by atoms with E-state index in [2.05, 4.69) is 228 Å². The zero-order valence-corrected chi connectivity index (χ0v) is 35.4. The molecular weight excluding hydrogens is 789 g/mol.